The lowest BCUT2D eigenvalue weighted by Crippen LogP contribution is -2.05. The Labute approximate surface area is 148 Å². The van der Waals surface area contributed by atoms with Crippen molar-refractivity contribution in [3.63, 3.8) is 0 Å². The van der Waals surface area contributed by atoms with Gasteiger partial charge in [0.25, 0.3) is 0 Å². The minimum Gasteiger partial charge on any atom is -0.478 e. The van der Waals surface area contributed by atoms with Gasteiger partial charge in [-0.05, 0) is 54.0 Å². The average Bonchev–Trinajstić information content (AvgIpc) is 2.66. The molecule has 126 valence electrons. The molecule has 0 aliphatic carbocycles. The second-order valence-electron chi connectivity index (χ2n) is 6.22. The predicted octanol–water partition coefficient (Wildman–Crippen LogP) is 4.96. The zero-order valence-electron chi connectivity index (χ0n) is 14.2. The van der Waals surface area contributed by atoms with Crippen LogP contribution >= 0.6 is 0 Å². The molecular formula is C23H22O2. The summed E-state index contributed by atoms with van der Waals surface area (Å²) in [5, 5.41) is 9.33. The third kappa shape index (κ3) is 4.57. The first-order chi connectivity index (χ1) is 12.2. The van der Waals surface area contributed by atoms with E-state index in [1.165, 1.54) is 16.7 Å². The number of carboxylic acids is 1. The maximum Gasteiger partial charge on any atom is 0.335 e. The van der Waals surface area contributed by atoms with Gasteiger partial charge in [0.1, 0.15) is 0 Å². The van der Waals surface area contributed by atoms with E-state index in [1.54, 1.807) is 12.1 Å². The van der Waals surface area contributed by atoms with Crippen LogP contribution in [0, 0.1) is 0 Å². The number of carbonyl (C=O) groups is 1. The molecule has 2 heteroatoms. The molecule has 0 bridgehead atoms. The van der Waals surface area contributed by atoms with Gasteiger partial charge in [-0.1, -0.05) is 72.8 Å². The Hall–Kier alpha value is -2.87. The first-order valence-electron chi connectivity index (χ1n) is 8.66. The zero-order valence-corrected chi connectivity index (χ0v) is 14.2. The summed E-state index contributed by atoms with van der Waals surface area (Å²) in [7, 11) is 0. The summed E-state index contributed by atoms with van der Waals surface area (Å²) < 4.78 is 0. The van der Waals surface area contributed by atoms with E-state index in [0.717, 1.165) is 31.2 Å². The van der Waals surface area contributed by atoms with Gasteiger partial charge in [0.2, 0.25) is 0 Å². The fraction of sp³-hybridized carbons (Fsp3) is 0.174. The molecule has 0 aromatic heterocycles. The van der Waals surface area contributed by atoms with Gasteiger partial charge in [-0.15, -0.1) is 0 Å². The molecule has 0 unspecified atom stereocenters. The molecule has 0 heterocycles. The molecule has 2 nitrogen and oxygen atoms in total. The Balaban J connectivity index is 1.70. The number of hydrogen-bond donors (Lipinski definition) is 1. The van der Waals surface area contributed by atoms with E-state index in [2.05, 4.69) is 48.5 Å². The van der Waals surface area contributed by atoms with E-state index in [-0.39, 0.29) is 0 Å². The maximum absolute atomic E-state index is 11.4. The van der Waals surface area contributed by atoms with Crippen molar-refractivity contribution in [1.29, 1.82) is 0 Å². The normalized spacial score (nSPS) is 10.6. The van der Waals surface area contributed by atoms with Crippen molar-refractivity contribution in [1.82, 2.24) is 0 Å². The topological polar surface area (TPSA) is 37.3 Å². The fourth-order valence-electron chi connectivity index (χ4n) is 3.19. The molecule has 0 atom stereocenters. The summed E-state index contributed by atoms with van der Waals surface area (Å²) >= 11 is 0. The second kappa shape index (κ2) is 8.29. The highest BCUT2D eigenvalue weighted by molar-refractivity contribution is 5.89. The van der Waals surface area contributed by atoms with E-state index < -0.39 is 5.97 Å². The smallest absolute Gasteiger partial charge is 0.335 e. The maximum atomic E-state index is 11.4. The van der Waals surface area contributed by atoms with Crippen LogP contribution in [0.4, 0.5) is 0 Å². The van der Waals surface area contributed by atoms with E-state index in [9.17, 15) is 9.90 Å². The van der Waals surface area contributed by atoms with Crippen molar-refractivity contribution in [3.8, 4) is 0 Å². The van der Waals surface area contributed by atoms with Gasteiger partial charge in [0.05, 0.1) is 5.56 Å². The summed E-state index contributed by atoms with van der Waals surface area (Å²) in [4.78, 5) is 11.4. The number of carboxylic acid groups (broad SMARTS) is 1. The quantitative estimate of drug-likeness (QED) is 0.665. The van der Waals surface area contributed by atoms with Crippen molar-refractivity contribution in [2.24, 2.45) is 0 Å². The van der Waals surface area contributed by atoms with Gasteiger partial charge < -0.3 is 5.11 Å². The monoisotopic (exact) mass is 330 g/mol. The van der Waals surface area contributed by atoms with Crippen LogP contribution in [0.15, 0.2) is 78.9 Å². The first-order valence-corrected chi connectivity index (χ1v) is 8.66. The van der Waals surface area contributed by atoms with E-state index in [1.807, 2.05) is 18.2 Å². The number of aromatic carboxylic acids is 1. The van der Waals surface area contributed by atoms with Crippen molar-refractivity contribution < 1.29 is 9.90 Å². The van der Waals surface area contributed by atoms with Crippen LogP contribution in [0.2, 0.25) is 0 Å². The molecule has 0 aliphatic heterocycles. The molecule has 3 rings (SSSR count). The van der Waals surface area contributed by atoms with E-state index in [4.69, 9.17) is 0 Å². The largest absolute Gasteiger partial charge is 0.478 e. The molecule has 0 spiro atoms. The van der Waals surface area contributed by atoms with Crippen molar-refractivity contribution in [2.45, 2.75) is 25.7 Å². The SMILES string of the molecule is O=C(O)c1ccccc1CCc1ccccc1CCc1ccccc1. The fourth-order valence-corrected chi connectivity index (χ4v) is 3.19. The minimum absolute atomic E-state index is 0.407. The Morgan fingerprint density at radius 2 is 1.08 bits per heavy atom. The highest BCUT2D eigenvalue weighted by Crippen LogP contribution is 2.17. The van der Waals surface area contributed by atoms with Gasteiger partial charge in [0.15, 0.2) is 0 Å². The molecule has 0 radical (unpaired) electrons. The molecule has 3 aromatic carbocycles. The number of benzene rings is 3. The van der Waals surface area contributed by atoms with Crippen LogP contribution < -0.4 is 0 Å². The van der Waals surface area contributed by atoms with Gasteiger partial charge in [-0.3, -0.25) is 0 Å². The lowest BCUT2D eigenvalue weighted by atomic mass is 9.94. The molecule has 3 aromatic rings. The molecule has 0 saturated heterocycles. The summed E-state index contributed by atoms with van der Waals surface area (Å²) in [6, 6.07) is 26.3. The summed E-state index contributed by atoms with van der Waals surface area (Å²) in [6.45, 7) is 0. The van der Waals surface area contributed by atoms with Crippen molar-refractivity contribution in [2.75, 3.05) is 0 Å². The minimum atomic E-state index is -0.854. The molecule has 25 heavy (non-hydrogen) atoms. The Kier molecular flexibility index (Phi) is 5.63. The second-order valence-corrected chi connectivity index (χ2v) is 6.22. The highest BCUT2D eigenvalue weighted by atomic mass is 16.4. The summed E-state index contributed by atoms with van der Waals surface area (Å²) in [5.74, 6) is -0.854. The van der Waals surface area contributed by atoms with Crippen LogP contribution in [-0.2, 0) is 25.7 Å². The van der Waals surface area contributed by atoms with Crippen LogP contribution in [0.1, 0.15) is 32.6 Å². The molecule has 0 aliphatic rings. The lowest BCUT2D eigenvalue weighted by Gasteiger charge is -2.11. The van der Waals surface area contributed by atoms with Gasteiger partial charge in [-0.25, -0.2) is 4.79 Å². The van der Waals surface area contributed by atoms with Crippen LogP contribution in [0.25, 0.3) is 0 Å². The van der Waals surface area contributed by atoms with Crippen molar-refractivity contribution in [3.05, 3.63) is 107 Å². The van der Waals surface area contributed by atoms with E-state index >= 15 is 0 Å². The average molecular weight is 330 g/mol. The summed E-state index contributed by atoms with van der Waals surface area (Å²) in [5.41, 5.74) is 5.29. The number of rotatable bonds is 7. The lowest BCUT2D eigenvalue weighted by molar-refractivity contribution is 0.0695. The third-order valence-corrected chi connectivity index (χ3v) is 4.56. The molecule has 0 saturated carbocycles. The van der Waals surface area contributed by atoms with Gasteiger partial charge >= 0.3 is 5.97 Å². The van der Waals surface area contributed by atoms with Gasteiger partial charge in [-0.2, -0.15) is 0 Å². The van der Waals surface area contributed by atoms with Gasteiger partial charge in [0, 0.05) is 0 Å². The molecular weight excluding hydrogens is 308 g/mol. The third-order valence-electron chi connectivity index (χ3n) is 4.56. The predicted molar refractivity (Wildman–Crippen MR) is 101 cm³/mol. The highest BCUT2D eigenvalue weighted by Gasteiger charge is 2.10. The van der Waals surface area contributed by atoms with Crippen LogP contribution in [-0.4, -0.2) is 11.1 Å². The Morgan fingerprint density at radius 1 is 0.600 bits per heavy atom. The Bertz CT molecular complexity index is 837. The standard InChI is InChI=1S/C23H22O2/c24-23(25)22-13-7-6-12-21(22)17-16-20-11-5-4-10-19(20)15-14-18-8-2-1-3-9-18/h1-13H,14-17H2,(H,24,25). The van der Waals surface area contributed by atoms with E-state index in [0.29, 0.717) is 5.56 Å². The van der Waals surface area contributed by atoms with Crippen LogP contribution in [0.5, 0.6) is 0 Å². The van der Waals surface area contributed by atoms with Crippen molar-refractivity contribution >= 4 is 5.97 Å². The molecule has 1 N–H and O–H groups in total. The Morgan fingerprint density at radius 3 is 1.72 bits per heavy atom. The molecule has 0 amide bonds. The number of hydrogen-bond acceptors (Lipinski definition) is 1. The summed E-state index contributed by atoms with van der Waals surface area (Å²) in [6.07, 6.45) is 3.62. The first kappa shape index (κ1) is 17.0. The van der Waals surface area contributed by atoms with Crippen LogP contribution in [0.3, 0.4) is 0 Å². The zero-order chi connectivity index (χ0) is 17.5. The number of aryl methyl sites for hydroxylation is 4. The molecule has 0 fully saturated rings.